The first-order valence-corrected chi connectivity index (χ1v) is 8.09. The Labute approximate surface area is 136 Å². The molecule has 0 amide bonds. The monoisotopic (exact) mass is 366 g/mol. The van der Waals surface area contributed by atoms with E-state index in [1.807, 2.05) is 11.4 Å². The van der Waals surface area contributed by atoms with E-state index in [9.17, 15) is 5.11 Å². The van der Waals surface area contributed by atoms with Crippen LogP contribution in [0.3, 0.4) is 0 Å². The van der Waals surface area contributed by atoms with Crippen LogP contribution in [0.5, 0.6) is 5.75 Å². The fraction of sp³-hybridized carbons (Fsp3) is 0.267. The van der Waals surface area contributed by atoms with Crippen molar-refractivity contribution in [3.05, 3.63) is 50.6 Å². The first kappa shape index (κ1) is 16.0. The maximum absolute atomic E-state index is 9.86. The molecule has 1 aromatic heterocycles. The van der Waals surface area contributed by atoms with Crippen LogP contribution in [0.15, 0.2) is 40.2 Å². The standard InChI is InChI=1S/C15H15BrN2O2S/c16-12-5-15(21-10-12)8-18-7-13(19)9-20-14-3-1-2-11(4-14)6-17/h1-5,10,13,18-19H,7-9H2. The maximum Gasteiger partial charge on any atom is 0.120 e. The number of hydrogen-bond donors (Lipinski definition) is 2. The molecule has 0 aliphatic heterocycles. The second kappa shape index (κ2) is 8.15. The summed E-state index contributed by atoms with van der Waals surface area (Å²) in [6.45, 7) is 1.36. The molecule has 1 atom stereocenters. The fourth-order valence-electron chi connectivity index (χ4n) is 1.72. The zero-order valence-corrected chi connectivity index (χ0v) is 13.7. The van der Waals surface area contributed by atoms with E-state index < -0.39 is 6.10 Å². The Morgan fingerprint density at radius 1 is 1.43 bits per heavy atom. The molecule has 1 heterocycles. The smallest absolute Gasteiger partial charge is 0.120 e. The van der Waals surface area contributed by atoms with E-state index in [0.717, 1.165) is 11.0 Å². The highest BCUT2D eigenvalue weighted by Gasteiger charge is 2.06. The minimum absolute atomic E-state index is 0.190. The average molecular weight is 367 g/mol. The number of halogens is 1. The predicted octanol–water partition coefficient (Wildman–Crippen LogP) is 2.91. The van der Waals surface area contributed by atoms with Crippen molar-refractivity contribution in [2.45, 2.75) is 12.6 Å². The normalized spacial score (nSPS) is 11.9. The van der Waals surface area contributed by atoms with Gasteiger partial charge in [0.1, 0.15) is 18.5 Å². The zero-order chi connectivity index (χ0) is 15.1. The molecule has 6 heteroatoms. The molecule has 0 aliphatic carbocycles. The van der Waals surface area contributed by atoms with Gasteiger partial charge in [-0.3, -0.25) is 0 Å². The molecule has 110 valence electrons. The number of aliphatic hydroxyl groups is 1. The Kier molecular flexibility index (Phi) is 6.21. The molecular formula is C15H15BrN2O2S. The molecular weight excluding hydrogens is 352 g/mol. The first-order valence-electron chi connectivity index (χ1n) is 6.42. The summed E-state index contributed by atoms with van der Waals surface area (Å²) >= 11 is 5.07. The molecule has 0 radical (unpaired) electrons. The molecule has 0 fully saturated rings. The van der Waals surface area contributed by atoms with E-state index in [2.05, 4.69) is 27.3 Å². The van der Waals surface area contributed by atoms with Crippen molar-refractivity contribution in [2.24, 2.45) is 0 Å². The van der Waals surface area contributed by atoms with Gasteiger partial charge in [0.2, 0.25) is 0 Å². The number of rotatable bonds is 7. The van der Waals surface area contributed by atoms with Crippen molar-refractivity contribution in [1.29, 1.82) is 5.26 Å². The van der Waals surface area contributed by atoms with Crippen molar-refractivity contribution in [3.63, 3.8) is 0 Å². The lowest BCUT2D eigenvalue weighted by Gasteiger charge is -2.13. The Morgan fingerprint density at radius 2 is 2.29 bits per heavy atom. The fourth-order valence-corrected chi connectivity index (χ4v) is 3.14. The minimum Gasteiger partial charge on any atom is -0.491 e. The minimum atomic E-state index is -0.598. The quantitative estimate of drug-likeness (QED) is 0.790. The van der Waals surface area contributed by atoms with Gasteiger partial charge in [-0.1, -0.05) is 6.07 Å². The molecule has 0 aliphatic rings. The van der Waals surface area contributed by atoms with Crippen molar-refractivity contribution >= 4 is 27.3 Å². The third-order valence-corrected chi connectivity index (χ3v) is 4.40. The lowest BCUT2D eigenvalue weighted by atomic mass is 10.2. The molecule has 0 saturated heterocycles. The van der Waals surface area contributed by atoms with Gasteiger partial charge in [0, 0.05) is 27.8 Å². The summed E-state index contributed by atoms with van der Waals surface area (Å²) in [5.74, 6) is 0.593. The predicted molar refractivity (Wildman–Crippen MR) is 86.4 cm³/mol. The lowest BCUT2D eigenvalue weighted by Crippen LogP contribution is -2.30. The molecule has 2 aromatic rings. The Balaban J connectivity index is 1.69. The lowest BCUT2D eigenvalue weighted by molar-refractivity contribution is 0.106. The molecule has 2 N–H and O–H groups in total. The number of nitriles is 1. The van der Waals surface area contributed by atoms with Gasteiger partial charge in [-0.15, -0.1) is 11.3 Å². The highest BCUT2D eigenvalue weighted by Crippen LogP contribution is 2.19. The zero-order valence-electron chi connectivity index (χ0n) is 11.3. The van der Waals surface area contributed by atoms with Gasteiger partial charge in [-0.2, -0.15) is 5.26 Å². The Hall–Kier alpha value is -1.39. The number of hydrogen-bond acceptors (Lipinski definition) is 5. The van der Waals surface area contributed by atoms with E-state index in [0.29, 0.717) is 17.9 Å². The van der Waals surface area contributed by atoms with Crippen molar-refractivity contribution in [1.82, 2.24) is 5.32 Å². The average Bonchev–Trinajstić information content (AvgIpc) is 2.91. The molecule has 4 nitrogen and oxygen atoms in total. The summed E-state index contributed by atoms with van der Waals surface area (Å²) in [7, 11) is 0. The molecule has 1 aromatic carbocycles. The number of aliphatic hydroxyl groups excluding tert-OH is 1. The van der Waals surface area contributed by atoms with E-state index in [-0.39, 0.29) is 6.61 Å². The van der Waals surface area contributed by atoms with Crippen LogP contribution in [0, 0.1) is 11.3 Å². The van der Waals surface area contributed by atoms with Crippen LogP contribution in [-0.4, -0.2) is 24.4 Å². The van der Waals surface area contributed by atoms with Crippen molar-refractivity contribution in [3.8, 4) is 11.8 Å². The summed E-state index contributed by atoms with van der Waals surface area (Å²) in [5.41, 5.74) is 0.545. The third kappa shape index (κ3) is 5.48. The van der Waals surface area contributed by atoms with Gasteiger partial charge in [0.15, 0.2) is 0 Å². The number of nitrogens with one attached hydrogen (secondary N) is 1. The SMILES string of the molecule is N#Cc1cccc(OCC(O)CNCc2cc(Br)cs2)c1. The van der Waals surface area contributed by atoms with Gasteiger partial charge in [0.05, 0.1) is 11.6 Å². The number of ether oxygens (including phenoxy) is 1. The van der Waals surface area contributed by atoms with Crippen molar-refractivity contribution < 1.29 is 9.84 Å². The van der Waals surface area contributed by atoms with Crippen LogP contribution in [0.2, 0.25) is 0 Å². The largest absolute Gasteiger partial charge is 0.491 e. The van der Waals surface area contributed by atoms with Crippen LogP contribution in [0.1, 0.15) is 10.4 Å². The highest BCUT2D eigenvalue weighted by molar-refractivity contribution is 9.10. The molecule has 2 rings (SSSR count). The van der Waals surface area contributed by atoms with Gasteiger partial charge >= 0.3 is 0 Å². The van der Waals surface area contributed by atoms with Crippen LogP contribution in [0.25, 0.3) is 0 Å². The van der Waals surface area contributed by atoms with Crippen LogP contribution < -0.4 is 10.1 Å². The molecule has 0 spiro atoms. The summed E-state index contributed by atoms with van der Waals surface area (Å²) in [5, 5.41) is 23.9. The number of benzene rings is 1. The second-order valence-corrected chi connectivity index (χ2v) is 6.38. The maximum atomic E-state index is 9.86. The summed E-state index contributed by atoms with van der Waals surface area (Å²) < 4.78 is 6.55. The number of thiophene rings is 1. The van der Waals surface area contributed by atoms with Gasteiger partial charge in [-0.05, 0) is 40.2 Å². The molecule has 21 heavy (non-hydrogen) atoms. The third-order valence-electron chi connectivity index (χ3n) is 2.71. The number of nitrogens with zero attached hydrogens (tertiary/aromatic N) is 1. The van der Waals surface area contributed by atoms with E-state index in [1.54, 1.807) is 35.6 Å². The Bertz CT molecular complexity index is 624. The van der Waals surface area contributed by atoms with Gasteiger partial charge in [0.25, 0.3) is 0 Å². The first-order chi connectivity index (χ1) is 10.2. The van der Waals surface area contributed by atoms with Gasteiger partial charge < -0.3 is 15.2 Å². The summed E-state index contributed by atoms with van der Waals surface area (Å²) in [4.78, 5) is 1.21. The van der Waals surface area contributed by atoms with Crippen LogP contribution in [0.4, 0.5) is 0 Å². The van der Waals surface area contributed by atoms with Gasteiger partial charge in [-0.25, -0.2) is 0 Å². The van der Waals surface area contributed by atoms with Crippen LogP contribution >= 0.6 is 27.3 Å². The summed E-state index contributed by atoms with van der Waals surface area (Å²) in [6.07, 6.45) is -0.598. The van der Waals surface area contributed by atoms with Crippen molar-refractivity contribution in [2.75, 3.05) is 13.2 Å². The topological polar surface area (TPSA) is 65.3 Å². The molecule has 0 bridgehead atoms. The van der Waals surface area contributed by atoms with E-state index in [4.69, 9.17) is 10.00 Å². The van der Waals surface area contributed by atoms with E-state index >= 15 is 0 Å². The second-order valence-electron chi connectivity index (χ2n) is 4.47. The van der Waals surface area contributed by atoms with E-state index in [1.165, 1.54) is 4.88 Å². The molecule has 1 unspecified atom stereocenters. The van der Waals surface area contributed by atoms with Crippen LogP contribution in [-0.2, 0) is 6.54 Å². The Morgan fingerprint density at radius 3 is 3.00 bits per heavy atom. The molecule has 0 saturated carbocycles. The highest BCUT2D eigenvalue weighted by atomic mass is 79.9. The summed E-state index contributed by atoms with van der Waals surface area (Å²) in [6, 6.07) is 11.0.